The Morgan fingerprint density at radius 3 is 2.61 bits per heavy atom. The molecular weight excluding hydrogens is 444 g/mol. The molecule has 33 heavy (non-hydrogen) atoms. The summed E-state index contributed by atoms with van der Waals surface area (Å²) < 4.78 is 39.5. The first-order chi connectivity index (χ1) is 16.0. The lowest BCUT2D eigenvalue weighted by Gasteiger charge is -2.12. The third kappa shape index (κ3) is 4.46. The lowest BCUT2D eigenvalue weighted by atomic mass is 10.2. The number of para-hydroxylation sites is 2. The smallest absolute Gasteiger partial charge is 0.262 e. The first-order valence-electron chi connectivity index (χ1n) is 10.3. The lowest BCUT2D eigenvalue weighted by Crippen LogP contribution is -2.15. The lowest BCUT2D eigenvalue weighted by molar-refractivity contribution is 0.102. The number of anilines is 2. The summed E-state index contributed by atoms with van der Waals surface area (Å²) >= 11 is 0. The van der Waals surface area contributed by atoms with Gasteiger partial charge in [0.25, 0.3) is 15.9 Å². The molecule has 1 aliphatic rings. The highest BCUT2D eigenvalue weighted by atomic mass is 32.2. The summed E-state index contributed by atoms with van der Waals surface area (Å²) in [4.78, 5) is 20.1. The number of hydrogen-bond donors (Lipinski definition) is 3. The maximum Gasteiger partial charge on any atom is 0.262 e. The van der Waals surface area contributed by atoms with Gasteiger partial charge in [0.15, 0.2) is 11.5 Å². The number of ether oxygens (including phenoxy) is 2. The molecule has 2 heterocycles. The second-order valence-corrected chi connectivity index (χ2v) is 9.08. The van der Waals surface area contributed by atoms with Crippen LogP contribution in [0, 0.1) is 0 Å². The Labute approximate surface area is 189 Å². The average Bonchev–Trinajstić information content (AvgIpc) is 3.06. The van der Waals surface area contributed by atoms with Crippen molar-refractivity contribution in [1.29, 1.82) is 0 Å². The number of carbonyl (C=O) groups is 1. The molecule has 0 bridgehead atoms. The van der Waals surface area contributed by atoms with E-state index in [4.69, 9.17) is 9.47 Å². The Morgan fingerprint density at radius 1 is 0.939 bits per heavy atom. The summed E-state index contributed by atoms with van der Waals surface area (Å²) in [6, 6.07) is 18.1. The number of carbonyl (C=O) groups excluding carboxylic acids is 1. The molecular formula is C23H20N4O5S. The van der Waals surface area contributed by atoms with Crippen LogP contribution in [0.5, 0.6) is 11.5 Å². The molecule has 0 unspecified atom stereocenters. The zero-order valence-corrected chi connectivity index (χ0v) is 18.2. The fourth-order valence-electron chi connectivity index (χ4n) is 3.44. The molecule has 3 aromatic carbocycles. The SMILES string of the molecule is O=C(Nc1nc2ccccc2[nH]1)c1cccc(NS(=O)(=O)c2ccc3c(c2)OCCCO3)c1. The number of sulfonamides is 1. The van der Waals surface area contributed by atoms with Gasteiger partial charge in [0, 0.05) is 23.7 Å². The zero-order chi connectivity index (χ0) is 22.8. The maximum absolute atomic E-state index is 12.9. The van der Waals surface area contributed by atoms with Gasteiger partial charge in [-0.25, -0.2) is 13.4 Å². The van der Waals surface area contributed by atoms with E-state index in [1.807, 2.05) is 24.3 Å². The van der Waals surface area contributed by atoms with Gasteiger partial charge >= 0.3 is 0 Å². The fraction of sp³-hybridized carbons (Fsp3) is 0.130. The van der Waals surface area contributed by atoms with Crippen LogP contribution < -0.4 is 19.5 Å². The van der Waals surface area contributed by atoms with Crippen LogP contribution in [0.1, 0.15) is 16.8 Å². The van der Waals surface area contributed by atoms with Crippen LogP contribution in [0.4, 0.5) is 11.6 Å². The van der Waals surface area contributed by atoms with E-state index in [2.05, 4.69) is 20.0 Å². The number of nitrogens with zero attached hydrogens (tertiary/aromatic N) is 1. The average molecular weight is 465 g/mol. The molecule has 4 aromatic rings. The summed E-state index contributed by atoms with van der Waals surface area (Å²) in [6.07, 6.45) is 0.720. The van der Waals surface area contributed by atoms with E-state index in [9.17, 15) is 13.2 Å². The standard InChI is InChI=1S/C23H20N4O5S/c28-22(26-23-24-18-7-1-2-8-19(18)25-23)15-5-3-6-16(13-15)27-33(29,30)17-9-10-20-21(14-17)32-12-4-11-31-20/h1-3,5-10,13-14,27H,4,11-12H2,(H2,24,25,26,28). The van der Waals surface area contributed by atoms with E-state index in [-0.39, 0.29) is 16.1 Å². The Morgan fingerprint density at radius 2 is 1.76 bits per heavy atom. The van der Waals surface area contributed by atoms with Crippen molar-refractivity contribution < 1.29 is 22.7 Å². The molecule has 1 amide bonds. The quantitative estimate of drug-likeness (QED) is 0.413. The van der Waals surface area contributed by atoms with Crippen molar-refractivity contribution in [3.8, 4) is 11.5 Å². The van der Waals surface area contributed by atoms with Crippen molar-refractivity contribution in [2.45, 2.75) is 11.3 Å². The van der Waals surface area contributed by atoms with Crippen molar-refractivity contribution in [1.82, 2.24) is 9.97 Å². The first-order valence-corrected chi connectivity index (χ1v) is 11.7. The predicted octanol–water partition coefficient (Wildman–Crippen LogP) is 3.78. The van der Waals surface area contributed by atoms with E-state index >= 15 is 0 Å². The highest BCUT2D eigenvalue weighted by Crippen LogP contribution is 2.32. The van der Waals surface area contributed by atoms with Gasteiger partial charge in [-0.05, 0) is 42.5 Å². The van der Waals surface area contributed by atoms with Crippen molar-refractivity contribution >= 4 is 38.6 Å². The van der Waals surface area contributed by atoms with Gasteiger partial charge in [-0.15, -0.1) is 0 Å². The number of hydrogen-bond acceptors (Lipinski definition) is 6. The summed E-state index contributed by atoms with van der Waals surface area (Å²) in [5.41, 5.74) is 2.04. The van der Waals surface area contributed by atoms with Crippen molar-refractivity contribution in [3.63, 3.8) is 0 Å². The van der Waals surface area contributed by atoms with Crippen LogP contribution in [-0.2, 0) is 10.0 Å². The Kier molecular flexibility index (Phi) is 5.35. The number of rotatable bonds is 5. The number of fused-ring (bicyclic) bond motifs is 2. The molecule has 9 nitrogen and oxygen atoms in total. The van der Waals surface area contributed by atoms with Gasteiger partial charge in [0.05, 0.1) is 29.1 Å². The van der Waals surface area contributed by atoms with Crippen LogP contribution >= 0.6 is 0 Å². The van der Waals surface area contributed by atoms with Crippen molar-refractivity contribution in [3.05, 3.63) is 72.3 Å². The number of amides is 1. The van der Waals surface area contributed by atoms with Crippen molar-refractivity contribution in [2.24, 2.45) is 0 Å². The molecule has 1 aromatic heterocycles. The second kappa shape index (κ2) is 8.47. The topological polar surface area (TPSA) is 122 Å². The number of benzene rings is 3. The Bertz CT molecular complexity index is 1420. The first kappa shape index (κ1) is 20.8. The fourth-order valence-corrected chi connectivity index (χ4v) is 4.50. The summed E-state index contributed by atoms with van der Waals surface area (Å²) in [5, 5.41) is 2.70. The maximum atomic E-state index is 12.9. The molecule has 168 valence electrons. The molecule has 0 aliphatic carbocycles. The molecule has 1 aliphatic heterocycles. The third-order valence-corrected chi connectivity index (χ3v) is 6.41. The number of aromatic amines is 1. The molecule has 0 saturated heterocycles. The van der Waals surface area contributed by atoms with Gasteiger partial charge in [0.1, 0.15) is 0 Å². The minimum atomic E-state index is -3.91. The van der Waals surface area contributed by atoms with Gasteiger partial charge in [-0.3, -0.25) is 14.8 Å². The van der Waals surface area contributed by atoms with E-state index in [0.717, 1.165) is 17.5 Å². The summed E-state index contributed by atoms with van der Waals surface area (Å²) in [7, 11) is -3.91. The molecule has 0 fully saturated rings. The molecule has 0 saturated carbocycles. The van der Waals surface area contributed by atoms with E-state index in [1.54, 1.807) is 24.3 Å². The minimum Gasteiger partial charge on any atom is -0.490 e. The highest BCUT2D eigenvalue weighted by molar-refractivity contribution is 7.92. The van der Waals surface area contributed by atoms with Gasteiger partial charge in [-0.1, -0.05) is 18.2 Å². The minimum absolute atomic E-state index is 0.0314. The van der Waals surface area contributed by atoms with Crippen LogP contribution in [0.2, 0.25) is 0 Å². The molecule has 5 rings (SSSR count). The summed E-state index contributed by atoms with van der Waals surface area (Å²) in [6.45, 7) is 0.965. The van der Waals surface area contributed by atoms with E-state index < -0.39 is 15.9 Å². The largest absolute Gasteiger partial charge is 0.490 e. The van der Waals surface area contributed by atoms with E-state index in [1.165, 1.54) is 18.2 Å². The third-order valence-electron chi connectivity index (χ3n) is 5.03. The van der Waals surface area contributed by atoms with Crippen LogP contribution in [0.3, 0.4) is 0 Å². The Hall–Kier alpha value is -4.05. The number of aromatic nitrogens is 2. The van der Waals surface area contributed by atoms with Crippen molar-refractivity contribution in [2.75, 3.05) is 23.3 Å². The predicted molar refractivity (Wildman–Crippen MR) is 123 cm³/mol. The normalized spacial score (nSPS) is 13.3. The second-order valence-electron chi connectivity index (χ2n) is 7.40. The number of H-pyrrole nitrogens is 1. The molecule has 0 atom stereocenters. The molecule has 3 N–H and O–H groups in total. The number of nitrogens with one attached hydrogen (secondary N) is 3. The van der Waals surface area contributed by atoms with E-state index in [0.29, 0.717) is 30.7 Å². The molecule has 0 spiro atoms. The van der Waals surface area contributed by atoms with Gasteiger partial charge in [-0.2, -0.15) is 0 Å². The Balaban J connectivity index is 1.34. The van der Waals surface area contributed by atoms with Crippen LogP contribution in [-0.4, -0.2) is 37.5 Å². The molecule has 0 radical (unpaired) electrons. The van der Waals surface area contributed by atoms with Crippen LogP contribution in [0.15, 0.2) is 71.6 Å². The zero-order valence-electron chi connectivity index (χ0n) is 17.4. The highest BCUT2D eigenvalue weighted by Gasteiger charge is 2.20. The number of imidazole rings is 1. The van der Waals surface area contributed by atoms with Gasteiger partial charge < -0.3 is 14.5 Å². The molecule has 10 heteroatoms. The monoisotopic (exact) mass is 464 g/mol. The summed E-state index contributed by atoms with van der Waals surface area (Å²) in [5.74, 6) is 0.773. The van der Waals surface area contributed by atoms with Crippen LogP contribution in [0.25, 0.3) is 11.0 Å². The van der Waals surface area contributed by atoms with Gasteiger partial charge in [0.2, 0.25) is 5.95 Å².